The molecule has 0 N–H and O–H groups in total. The number of allylic oxidation sites excluding steroid dienone is 3. The van der Waals surface area contributed by atoms with Crippen LogP contribution < -0.4 is 4.90 Å². The number of nitrogens with zero attached hydrogens (tertiary/aromatic N) is 1. The van der Waals surface area contributed by atoms with Gasteiger partial charge in [-0.15, -0.1) is 0 Å². The summed E-state index contributed by atoms with van der Waals surface area (Å²) >= 11 is 0. The number of hydrogen-bond donors (Lipinski definition) is 0. The van der Waals surface area contributed by atoms with Gasteiger partial charge >= 0.3 is 0 Å². The molecule has 1 aliphatic rings. The van der Waals surface area contributed by atoms with Gasteiger partial charge in [-0.05, 0) is 42.7 Å². The number of rotatable bonds is 3. The summed E-state index contributed by atoms with van der Waals surface area (Å²) in [4.78, 5) is 2.31. The summed E-state index contributed by atoms with van der Waals surface area (Å²) in [5, 5.41) is 0. The first-order valence-corrected chi connectivity index (χ1v) is 10.1. The third kappa shape index (κ3) is 7.31. The van der Waals surface area contributed by atoms with Crippen molar-refractivity contribution in [1.29, 1.82) is 0 Å². The summed E-state index contributed by atoms with van der Waals surface area (Å²) in [7, 11) is 0. The normalized spacial score (nSPS) is 14.3. The Morgan fingerprint density at radius 2 is 1.12 bits per heavy atom. The number of hydrogen-bond acceptors (Lipinski definition) is 1. The maximum Gasteiger partial charge on any atom is 0.0461 e. The van der Waals surface area contributed by atoms with E-state index in [-0.39, 0.29) is 0 Å². The minimum Gasteiger partial charge on any atom is -0.311 e. The molecule has 0 saturated carbocycles. The molecule has 1 heteroatoms. The van der Waals surface area contributed by atoms with Gasteiger partial charge in [0.25, 0.3) is 0 Å². The first-order chi connectivity index (χ1) is 12.8. The van der Waals surface area contributed by atoms with Gasteiger partial charge in [0, 0.05) is 17.1 Å². The van der Waals surface area contributed by atoms with Gasteiger partial charge in [0.1, 0.15) is 0 Å². The highest BCUT2D eigenvalue weighted by molar-refractivity contribution is 5.70. The average Bonchev–Trinajstić information content (AvgIpc) is 2.74. The molecule has 0 aliphatic heterocycles. The van der Waals surface area contributed by atoms with E-state index >= 15 is 0 Å². The lowest BCUT2D eigenvalue weighted by Gasteiger charge is -2.28. The zero-order chi connectivity index (χ0) is 19.8. The molecule has 2 aromatic rings. The Bertz CT molecular complexity index is 572. The molecule has 142 valence electrons. The molecule has 1 atom stereocenters. The summed E-state index contributed by atoms with van der Waals surface area (Å²) in [5.74, 6) is 0.588. The quantitative estimate of drug-likeness (QED) is 0.536. The van der Waals surface area contributed by atoms with E-state index in [2.05, 4.69) is 90.7 Å². The van der Waals surface area contributed by atoms with Crippen LogP contribution in [-0.4, -0.2) is 0 Å². The second kappa shape index (κ2) is 15.0. The molecule has 1 aliphatic carbocycles. The molecule has 0 radical (unpaired) electrons. The predicted octanol–water partition coefficient (Wildman–Crippen LogP) is 8.38. The third-order valence-corrected chi connectivity index (χ3v) is 3.54. The molecular weight excluding hydrogens is 314 g/mol. The Morgan fingerprint density at radius 1 is 0.692 bits per heavy atom. The van der Waals surface area contributed by atoms with Crippen LogP contribution in [0.4, 0.5) is 11.4 Å². The van der Waals surface area contributed by atoms with E-state index in [0.717, 1.165) is 6.42 Å². The first kappa shape index (κ1) is 23.7. The van der Waals surface area contributed by atoms with Gasteiger partial charge in [-0.1, -0.05) is 97.0 Å². The molecule has 0 amide bonds. The molecule has 0 aromatic heterocycles. The van der Waals surface area contributed by atoms with Crippen LogP contribution in [0.15, 0.2) is 84.6 Å². The number of anilines is 2. The second-order valence-corrected chi connectivity index (χ2v) is 5.21. The molecule has 0 fully saturated rings. The van der Waals surface area contributed by atoms with Crippen LogP contribution in [0.5, 0.6) is 0 Å². The maximum atomic E-state index is 2.35. The zero-order valence-corrected chi connectivity index (χ0v) is 17.7. The number of benzene rings is 2. The summed E-state index contributed by atoms with van der Waals surface area (Å²) in [6.07, 6.45) is 7.96. The van der Waals surface area contributed by atoms with Crippen molar-refractivity contribution in [1.82, 2.24) is 0 Å². The molecule has 0 heterocycles. The lowest BCUT2D eigenvalue weighted by molar-refractivity contribution is 0.726. The van der Waals surface area contributed by atoms with E-state index in [1.807, 2.05) is 41.5 Å². The van der Waals surface area contributed by atoms with E-state index in [0.29, 0.717) is 5.92 Å². The zero-order valence-electron chi connectivity index (χ0n) is 17.7. The van der Waals surface area contributed by atoms with E-state index in [1.165, 1.54) is 17.1 Å². The molecule has 0 bridgehead atoms. The van der Waals surface area contributed by atoms with Crippen molar-refractivity contribution in [2.75, 3.05) is 4.90 Å². The molecule has 1 unspecified atom stereocenters. The van der Waals surface area contributed by atoms with Gasteiger partial charge < -0.3 is 4.90 Å². The Hall–Kier alpha value is -2.28. The molecule has 2 aromatic carbocycles. The van der Waals surface area contributed by atoms with Crippen molar-refractivity contribution < 1.29 is 0 Å². The molecule has 0 spiro atoms. The van der Waals surface area contributed by atoms with Crippen LogP contribution in [0, 0.1) is 5.92 Å². The molecule has 26 heavy (non-hydrogen) atoms. The van der Waals surface area contributed by atoms with Crippen LogP contribution in [0.3, 0.4) is 0 Å². The summed E-state index contributed by atoms with van der Waals surface area (Å²) in [6, 6.07) is 21.1. The Labute approximate surface area is 162 Å². The van der Waals surface area contributed by atoms with E-state index < -0.39 is 0 Å². The highest BCUT2D eigenvalue weighted by Gasteiger charge is 2.15. The highest BCUT2D eigenvalue weighted by Crippen LogP contribution is 2.32. The minimum absolute atomic E-state index is 0.588. The SMILES string of the molecule is CC.CC.CC.CC1C=C(N(c2ccccc2)c2ccccc2)C=CC1. The lowest BCUT2D eigenvalue weighted by Crippen LogP contribution is -2.17. The fourth-order valence-electron chi connectivity index (χ4n) is 2.57. The van der Waals surface area contributed by atoms with E-state index in [9.17, 15) is 0 Å². The first-order valence-electron chi connectivity index (χ1n) is 10.1. The smallest absolute Gasteiger partial charge is 0.0461 e. The Kier molecular flexibility index (Phi) is 13.7. The molecular formula is C25H37N. The summed E-state index contributed by atoms with van der Waals surface area (Å²) < 4.78 is 0. The van der Waals surface area contributed by atoms with Crippen LogP contribution in [0.25, 0.3) is 0 Å². The van der Waals surface area contributed by atoms with Gasteiger partial charge in [-0.25, -0.2) is 0 Å². The van der Waals surface area contributed by atoms with Crippen molar-refractivity contribution in [2.24, 2.45) is 5.92 Å². The van der Waals surface area contributed by atoms with E-state index in [1.54, 1.807) is 0 Å². The van der Waals surface area contributed by atoms with Crippen LogP contribution >= 0.6 is 0 Å². The van der Waals surface area contributed by atoms with Crippen molar-refractivity contribution >= 4 is 11.4 Å². The largest absolute Gasteiger partial charge is 0.311 e. The van der Waals surface area contributed by atoms with Crippen molar-refractivity contribution in [3.8, 4) is 0 Å². The van der Waals surface area contributed by atoms with Crippen LogP contribution in [-0.2, 0) is 0 Å². The molecule has 3 rings (SSSR count). The monoisotopic (exact) mass is 351 g/mol. The van der Waals surface area contributed by atoms with Crippen LogP contribution in [0.1, 0.15) is 54.9 Å². The van der Waals surface area contributed by atoms with E-state index in [4.69, 9.17) is 0 Å². The Morgan fingerprint density at radius 3 is 1.50 bits per heavy atom. The lowest BCUT2D eigenvalue weighted by atomic mass is 10.00. The third-order valence-electron chi connectivity index (χ3n) is 3.54. The minimum atomic E-state index is 0.588. The average molecular weight is 352 g/mol. The van der Waals surface area contributed by atoms with Gasteiger partial charge in [-0.3, -0.25) is 0 Å². The summed E-state index contributed by atoms with van der Waals surface area (Å²) in [5.41, 5.74) is 3.65. The van der Waals surface area contributed by atoms with Gasteiger partial charge in [0.05, 0.1) is 0 Å². The van der Waals surface area contributed by atoms with Gasteiger partial charge in [0.2, 0.25) is 0 Å². The molecule has 1 nitrogen and oxygen atoms in total. The van der Waals surface area contributed by atoms with Crippen LogP contribution in [0.2, 0.25) is 0 Å². The standard InChI is InChI=1S/C19H19N.3C2H6/c1-16-9-8-14-19(15-16)20(17-10-4-2-5-11-17)18-12-6-3-7-13-18;3*1-2/h2-8,10-16H,9H2,1H3;3*1-2H3. The Balaban J connectivity index is 0.000000948. The predicted molar refractivity (Wildman–Crippen MR) is 120 cm³/mol. The van der Waals surface area contributed by atoms with Gasteiger partial charge in [-0.2, -0.15) is 0 Å². The fourth-order valence-corrected chi connectivity index (χ4v) is 2.57. The highest BCUT2D eigenvalue weighted by atomic mass is 15.1. The van der Waals surface area contributed by atoms with Crippen molar-refractivity contribution in [3.63, 3.8) is 0 Å². The van der Waals surface area contributed by atoms with Gasteiger partial charge in [0.15, 0.2) is 0 Å². The van der Waals surface area contributed by atoms with Crippen molar-refractivity contribution in [2.45, 2.75) is 54.9 Å². The molecule has 0 saturated heterocycles. The van der Waals surface area contributed by atoms with Crippen molar-refractivity contribution in [3.05, 3.63) is 84.6 Å². The topological polar surface area (TPSA) is 3.24 Å². The number of para-hydroxylation sites is 2. The fraction of sp³-hybridized carbons (Fsp3) is 0.360. The second-order valence-electron chi connectivity index (χ2n) is 5.21. The maximum absolute atomic E-state index is 2.35. The summed E-state index contributed by atoms with van der Waals surface area (Å²) in [6.45, 7) is 14.3.